The number of methoxy groups -OCH3 is 1. The Bertz CT molecular complexity index is 1090. The molecule has 0 unspecified atom stereocenters. The molecule has 0 radical (unpaired) electrons. The standard InChI is InChI=1S/C19H19F2N3O2S/c1-4-10(2)24-17-15(18(25)23-19(24)27)13(16(20)21)9-14(22-17)11-5-7-12(26-3)8-6-11/h5-10,16H,4H2,1-3H3,(H,23,25,27)/t10-/m0/s1. The summed E-state index contributed by atoms with van der Waals surface area (Å²) in [5, 5.41) is -0.129. The number of nitrogens with one attached hydrogen (secondary N) is 1. The molecule has 1 aromatic carbocycles. The first-order chi connectivity index (χ1) is 12.9. The summed E-state index contributed by atoms with van der Waals surface area (Å²) in [6.45, 7) is 3.85. The zero-order valence-corrected chi connectivity index (χ0v) is 15.9. The summed E-state index contributed by atoms with van der Waals surface area (Å²) >= 11 is 5.27. The lowest BCUT2D eigenvalue weighted by atomic mass is 10.1. The fraction of sp³-hybridized carbons (Fsp3) is 0.316. The highest BCUT2D eigenvalue weighted by Gasteiger charge is 2.21. The van der Waals surface area contributed by atoms with Crippen LogP contribution in [0, 0.1) is 4.77 Å². The topological polar surface area (TPSA) is 59.9 Å². The van der Waals surface area contributed by atoms with Crippen LogP contribution in [0.2, 0.25) is 0 Å². The van der Waals surface area contributed by atoms with Gasteiger partial charge in [0.2, 0.25) is 0 Å². The molecule has 142 valence electrons. The van der Waals surface area contributed by atoms with Crippen LogP contribution < -0.4 is 10.3 Å². The average Bonchev–Trinajstić information content (AvgIpc) is 2.66. The van der Waals surface area contributed by atoms with E-state index >= 15 is 0 Å². The quantitative estimate of drug-likeness (QED) is 0.619. The minimum Gasteiger partial charge on any atom is -0.497 e. The van der Waals surface area contributed by atoms with Gasteiger partial charge in [0.15, 0.2) is 4.77 Å². The van der Waals surface area contributed by atoms with Gasteiger partial charge >= 0.3 is 0 Å². The van der Waals surface area contributed by atoms with Gasteiger partial charge in [-0.1, -0.05) is 6.92 Å². The van der Waals surface area contributed by atoms with Crippen LogP contribution >= 0.6 is 12.2 Å². The van der Waals surface area contributed by atoms with E-state index in [1.54, 1.807) is 35.9 Å². The van der Waals surface area contributed by atoms with Gasteiger partial charge in [-0.05, 0) is 55.9 Å². The van der Waals surface area contributed by atoms with E-state index in [2.05, 4.69) is 9.97 Å². The number of pyridine rings is 1. The second-order valence-corrected chi connectivity index (χ2v) is 6.60. The van der Waals surface area contributed by atoms with Gasteiger partial charge in [-0.2, -0.15) is 0 Å². The Hall–Kier alpha value is -2.61. The number of aromatic amines is 1. The van der Waals surface area contributed by atoms with Crippen LogP contribution in [0.4, 0.5) is 8.78 Å². The third-order valence-corrected chi connectivity index (χ3v) is 4.88. The molecule has 0 aliphatic heterocycles. The third kappa shape index (κ3) is 3.49. The van der Waals surface area contributed by atoms with Gasteiger partial charge in [0.25, 0.3) is 12.0 Å². The van der Waals surface area contributed by atoms with E-state index in [1.165, 1.54) is 6.07 Å². The van der Waals surface area contributed by atoms with Crippen molar-refractivity contribution in [3.05, 3.63) is 51.0 Å². The molecule has 1 atom stereocenters. The lowest BCUT2D eigenvalue weighted by molar-refractivity contribution is 0.153. The largest absolute Gasteiger partial charge is 0.497 e. The second-order valence-electron chi connectivity index (χ2n) is 6.21. The fourth-order valence-electron chi connectivity index (χ4n) is 2.95. The average molecular weight is 391 g/mol. The fourth-order valence-corrected chi connectivity index (χ4v) is 3.31. The van der Waals surface area contributed by atoms with Crippen molar-refractivity contribution < 1.29 is 13.5 Å². The van der Waals surface area contributed by atoms with Gasteiger partial charge in [0, 0.05) is 17.2 Å². The molecule has 1 N–H and O–H groups in total. The highest BCUT2D eigenvalue weighted by molar-refractivity contribution is 7.71. The summed E-state index contributed by atoms with van der Waals surface area (Å²) in [5.41, 5.74) is 0.137. The zero-order chi connectivity index (χ0) is 19.7. The maximum atomic E-state index is 13.8. The van der Waals surface area contributed by atoms with Crippen molar-refractivity contribution in [3.8, 4) is 17.0 Å². The number of fused-ring (bicyclic) bond motifs is 1. The number of hydrogen-bond acceptors (Lipinski definition) is 4. The highest BCUT2D eigenvalue weighted by Crippen LogP contribution is 2.31. The van der Waals surface area contributed by atoms with Crippen molar-refractivity contribution in [3.63, 3.8) is 0 Å². The Kier molecular flexibility index (Phi) is 5.36. The van der Waals surface area contributed by atoms with Gasteiger partial charge in [0.05, 0.1) is 18.2 Å². The number of alkyl halides is 2. The number of ether oxygens (including phenoxy) is 1. The summed E-state index contributed by atoms with van der Waals surface area (Å²) in [6, 6.07) is 8.06. The van der Waals surface area contributed by atoms with Crippen molar-refractivity contribution >= 4 is 23.3 Å². The minimum absolute atomic E-state index is 0.110. The molecule has 0 fully saturated rings. The summed E-state index contributed by atoms with van der Waals surface area (Å²) in [6.07, 6.45) is -2.12. The first kappa shape index (κ1) is 19.2. The van der Waals surface area contributed by atoms with E-state index in [0.29, 0.717) is 23.4 Å². The summed E-state index contributed by atoms with van der Waals surface area (Å²) < 4.78 is 34.5. The molecule has 2 aromatic heterocycles. The van der Waals surface area contributed by atoms with Crippen molar-refractivity contribution in [2.45, 2.75) is 32.7 Å². The van der Waals surface area contributed by atoms with Crippen LogP contribution in [0.25, 0.3) is 22.3 Å². The van der Waals surface area contributed by atoms with E-state index in [4.69, 9.17) is 17.0 Å². The smallest absolute Gasteiger partial charge is 0.264 e. The van der Waals surface area contributed by atoms with Crippen molar-refractivity contribution in [1.82, 2.24) is 14.5 Å². The molecule has 0 amide bonds. The first-order valence-corrected chi connectivity index (χ1v) is 8.90. The summed E-state index contributed by atoms with van der Waals surface area (Å²) in [5.74, 6) is 0.646. The van der Waals surface area contributed by atoms with Crippen LogP contribution in [-0.4, -0.2) is 21.6 Å². The molecular formula is C19H19F2N3O2S. The van der Waals surface area contributed by atoms with Gasteiger partial charge < -0.3 is 4.74 Å². The number of halogens is 2. The monoisotopic (exact) mass is 391 g/mol. The molecule has 3 rings (SSSR count). The van der Waals surface area contributed by atoms with Crippen LogP contribution in [0.15, 0.2) is 35.1 Å². The lowest BCUT2D eigenvalue weighted by Gasteiger charge is -2.18. The SMILES string of the molecule is CC[C@H](C)n1c(=S)[nH]c(=O)c2c(C(F)F)cc(-c3ccc(OC)cc3)nc21. The highest BCUT2D eigenvalue weighted by atomic mass is 32.1. The van der Waals surface area contributed by atoms with Crippen molar-refractivity contribution in [2.75, 3.05) is 7.11 Å². The van der Waals surface area contributed by atoms with Gasteiger partial charge in [0.1, 0.15) is 11.4 Å². The molecule has 2 heterocycles. The van der Waals surface area contributed by atoms with Crippen molar-refractivity contribution in [1.29, 1.82) is 0 Å². The molecular weight excluding hydrogens is 372 g/mol. The number of nitrogens with zero attached hydrogens (tertiary/aromatic N) is 2. The Morgan fingerprint density at radius 2 is 1.96 bits per heavy atom. The van der Waals surface area contributed by atoms with Gasteiger partial charge in [-0.3, -0.25) is 14.3 Å². The second kappa shape index (κ2) is 7.56. The van der Waals surface area contributed by atoms with Gasteiger partial charge in [-0.25, -0.2) is 13.8 Å². The van der Waals surface area contributed by atoms with Crippen LogP contribution in [0.3, 0.4) is 0 Å². The van der Waals surface area contributed by atoms with E-state index < -0.39 is 12.0 Å². The Labute approximate surface area is 159 Å². The summed E-state index contributed by atoms with van der Waals surface area (Å²) in [4.78, 5) is 19.4. The van der Waals surface area contributed by atoms with Crippen molar-refractivity contribution in [2.24, 2.45) is 0 Å². The number of H-pyrrole nitrogens is 1. The number of hydrogen-bond donors (Lipinski definition) is 1. The predicted molar refractivity (Wildman–Crippen MR) is 103 cm³/mol. The molecule has 3 aromatic rings. The normalized spacial score (nSPS) is 12.5. The molecule has 27 heavy (non-hydrogen) atoms. The molecule has 0 saturated carbocycles. The molecule has 8 heteroatoms. The molecule has 5 nitrogen and oxygen atoms in total. The summed E-state index contributed by atoms with van der Waals surface area (Å²) in [7, 11) is 1.55. The lowest BCUT2D eigenvalue weighted by Crippen LogP contribution is -2.19. The van der Waals surface area contributed by atoms with Gasteiger partial charge in [-0.15, -0.1) is 0 Å². The van der Waals surface area contributed by atoms with E-state index in [1.807, 2.05) is 13.8 Å². The van der Waals surface area contributed by atoms with E-state index in [0.717, 1.165) is 0 Å². The third-order valence-electron chi connectivity index (χ3n) is 4.58. The molecule has 0 saturated heterocycles. The predicted octanol–water partition coefficient (Wildman–Crippen LogP) is 5.04. The number of rotatable bonds is 5. The maximum Gasteiger partial charge on any atom is 0.264 e. The minimum atomic E-state index is -2.82. The molecule has 0 bridgehead atoms. The molecule has 0 aliphatic carbocycles. The van der Waals surface area contributed by atoms with E-state index in [9.17, 15) is 13.6 Å². The van der Waals surface area contributed by atoms with Crippen LogP contribution in [0.5, 0.6) is 5.75 Å². The molecule has 0 spiro atoms. The Balaban J connectivity index is 2.40. The first-order valence-electron chi connectivity index (χ1n) is 8.49. The maximum absolute atomic E-state index is 13.8. The van der Waals surface area contributed by atoms with Crippen LogP contribution in [0.1, 0.15) is 38.3 Å². The van der Waals surface area contributed by atoms with Crippen LogP contribution in [-0.2, 0) is 0 Å². The van der Waals surface area contributed by atoms with E-state index in [-0.39, 0.29) is 27.4 Å². The zero-order valence-electron chi connectivity index (χ0n) is 15.1. The Morgan fingerprint density at radius 3 is 2.52 bits per heavy atom. The number of benzene rings is 1. The number of aromatic nitrogens is 3. The Morgan fingerprint density at radius 1 is 1.30 bits per heavy atom. The molecule has 0 aliphatic rings.